The number of hydrogen-bond donors (Lipinski definition) is 0. The number of aromatic nitrogens is 3. The zero-order valence-electron chi connectivity index (χ0n) is 14.1. The minimum atomic E-state index is 0.442. The van der Waals surface area contributed by atoms with Gasteiger partial charge in [-0.1, -0.05) is 18.0 Å². The second-order valence-electron chi connectivity index (χ2n) is 6.34. The maximum atomic E-state index is 5.47. The molecule has 5 nitrogen and oxygen atoms in total. The van der Waals surface area contributed by atoms with Gasteiger partial charge < -0.3 is 4.84 Å². The van der Waals surface area contributed by atoms with Gasteiger partial charge in [-0.05, 0) is 39.7 Å². The van der Waals surface area contributed by atoms with E-state index >= 15 is 0 Å². The third kappa shape index (κ3) is 4.19. The molecular weight excluding hydrogens is 308 g/mol. The Kier molecular flexibility index (Phi) is 5.10. The normalized spacial score (nSPS) is 16.2. The molecule has 0 aromatic carbocycles. The van der Waals surface area contributed by atoms with E-state index in [0.717, 1.165) is 22.8 Å². The van der Waals surface area contributed by atoms with Crippen molar-refractivity contribution >= 4 is 17.0 Å². The fraction of sp³-hybridized carbons (Fsp3) is 0.588. The Hall–Kier alpha value is -1.69. The summed E-state index contributed by atoms with van der Waals surface area (Å²) in [5.74, 6) is 0.671. The van der Waals surface area contributed by atoms with Gasteiger partial charge in [-0.25, -0.2) is 4.98 Å². The number of thiazole rings is 1. The Morgan fingerprint density at radius 1 is 1.39 bits per heavy atom. The highest BCUT2D eigenvalue weighted by Crippen LogP contribution is 2.35. The molecule has 0 unspecified atom stereocenters. The first kappa shape index (κ1) is 16.2. The van der Waals surface area contributed by atoms with E-state index in [2.05, 4.69) is 21.7 Å². The lowest BCUT2D eigenvalue weighted by Gasteiger charge is -2.04. The molecule has 0 N–H and O–H groups in total. The number of rotatable bonds is 6. The van der Waals surface area contributed by atoms with Gasteiger partial charge in [0, 0.05) is 17.0 Å². The third-order valence-electron chi connectivity index (χ3n) is 4.19. The fourth-order valence-electron chi connectivity index (χ4n) is 3.04. The average Bonchev–Trinajstić information content (AvgIpc) is 3.21. The van der Waals surface area contributed by atoms with Crippen LogP contribution >= 0.6 is 11.3 Å². The number of hydrogen-bond acceptors (Lipinski definition) is 5. The highest BCUT2D eigenvalue weighted by atomic mass is 32.1. The summed E-state index contributed by atoms with van der Waals surface area (Å²) in [6.07, 6.45) is 5.25. The summed E-state index contributed by atoms with van der Waals surface area (Å²) < 4.78 is 1.94. The third-order valence-corrected chi connectivity index (χ3v) is 5.24. The summed E-state index contributed by atoms with van der Waals surface area (Å²) in [5.41, 5.74) is 4.05. The van der Waals surface area contributed by atoms with Gasteiger partial charge in [0.25, 0.3) is 0 Å². The summed E-state index contributed by atoms with van der Waals surface area (Å²) in [7, 11) is 0. The largest absolute Gasteiger partial charge is 0.389 e. The van der Waals surface area contributed by atoms with Crippen LogP contribution in [-0.2, 0) is 18.0 Å². The molecule has 2 aromatic heterocycles. The van der Waals surface area contributed by atoms with Gasteiger partial charge in [-0.3, -0.25) is 4.68 Å². The molecule has 0 atom stereocenters. The molecule has 1 fully saturated rings. The molecule has 2 heterocycles. The molecule has 0 spiro atoms. The molecule has 1 aliphatic rings. The van der Waals surface area contributed by atoms with E-state index in [-0.39, 0.29) is 0 Å². The molecule has 0 amide bonds. The van der Waals surface area contributed by atoms with Crippen molar-refractivity contribution in [1.29, 1.82) is 0 Å². The van der Waals surface area contributed by atoms with E-state index in [0.29, 0.717) is 19.1 Å². The summed E-state index contributed by atoms with van der Waals surface area (Å²) in [5, 5.41) is 12.0. The van der Waals surface area contributed by atoms with Crippen molar-refractivity contribution in [3.05, 3.63) is 33.5 Å². The number of oxime groups is 1. The van der Waals surface area contributed by atoms with Gasteiger partial charge >= 0.3 is 0 Å². The SMILES string of the molecule is C/C(Cn1nc(C)cc1C)=N\OCc1csc(C2CCCC2)n1. The van der Waals surface area contributed by atoms with Crippen LogP contribution in [-0.4, -0.2) is 20.5 Å². The minimum Gasteiger partial charge on any atom is -0.389 e. The molecule has 1 saturated carbocycles. The van der Waals surface area contributed by atoms with Gasteiger partial charge in [0.15, 0.2) is 6.61 Å². The van der Waals surface area contributed by atoms with Gasteiger partial charge in [-0.15, -0.1) is 11.3 Å². The lowest BCUT2D eigenvalue weighted by molar-refractivity contribution is 0.127. The fourth-order valence-corrected chi connectivity index (χ4v) is 4.01. The number of nitrogens with zero attached hydrogens (tertiary/aromatic N) is 4. The molecule has 1 aliphatic carbocycles. The Bertz CT molecular complexity index is 683. The van der Waals surface area contributed by atoms with Crippen LogP contribution in [0.5, 0.6) is 0 Å². The van der Waals surface area contributed by atoms with Crippen LogP contribution in [0.15, 0.2) is 16.6 Å². The topological polar surface area (TPSA) is 52.3 Å². The van der Waals surface area contributed by atoms with Gasteiger partial charge in [0.1, 0.15) is 0 Å². The molecule has 124 valence electrons. The van der Waals surface area contributed by atoms with Gasteiger partial charge in [-0.2, -0.15) is 5.10 Å². The summed E-state index contributed by atoms with van der Waals surface area (Å²) in [6, 6.07) is 2.06. The monoisotopic (exact) mass is 332 g/mol. The molecular formula is C17H24N4OS. The molecule has 6 heteroatoms. The second-order valence-corrected chi connectivity index (χ2v) is 7.23. The molecule has 0 saturated heterocycles. The predicted octanol–water partition coefficient (Wildman–Crippen LogP) is 4.21. The van der Waals surface area contributed by atoms with Crippen molar-refractivity contribution in [2.24, 2.45) is 5.16 Å². The summed E-state index contributed by atoms with van der Waals surface area (Å²) >= 11 is 1.76. The summed E-state index contributed by atoms with van der Waals surface area (Å²) in [4.78, 5) is 10.2. The van der Waals surface area contributed by atoms with Crippen molar-refractivity contribution < 1.29 is 4.84 Å². The standard InChI is InChI=1S/C17H24N4OS/c1-12-8-14(3)21(19-12)9-13(2)20-22-10-16-11-23-17(18-16)15-6-4-5-7-15/h8,11,15H,4-7,9-10H2,1-3H3/b20-13+. The zero-order chi connectivity index (χ0) is 16.2. The van der Waals surface area contributed by atoms with Crippen LogP contribution in [0.1, 0.15) is 60.6 Å². The quantitative estimate of drug-likeness (QED) is 0.588. The van der Waals surface area contributed by atoms with Crippen LogP contribution in [0.25, 0.3) is 0 Å². The zero-order valence-corrected chi connectivity index (χ0v) is 14.9. The predicted molar refractivity (Wildman–Crippen MR) is 92.9 cm³/mol. The maximum absolute atomic E-state index is 5.47. The lowest BCUT2D eigenvalue weighted by Crippen LogP contribution is -2.10. The Balaban J connectivity index is 1.50. The lowest BCUT2D eigenvalue weighted by atomic mass is 10.1. The Labute approximate surface area is 141 Å². The smallest absolute Gasteiger partial charge is 0.159 e. The van der Waals surface area contributed by atoms with Crippen molar-refractivity contribution in [3.8, 4) is 0 Å². The maximum Gasteiger partial charge on any atom is 0.159 e. The van der Waals surface area contributed by atoms with E-state index in [1.807, 2.05) is 25.5 Å². The molecule has 23 heavy (non-hydrogen) atoms. The van der Waals surface area contributed by atoms with Crippen LogP contribution in [0.2, 0.25) is 0 Å². The van der Waals surface area contributed by atoms with Crippen molar-refractivity contribution in [3.63, 3.8) is 0 Å². The van der Waals surface area contributed by atoms with Crippen LogP contribution in [0.4, 0.5) is 0 Å². The van der Waals surface area contributed by atoms with Crippen LogP contribution in [0, 0.1) is 13.8 Å². The highest BCUT2D eigenvalue weighted by molar-refractivity contribution is 7.09. The number of aryl methyl sites for hydroxylation is 2. The molecule has 0 bridgehead atoms. The summed E-state index contributed by atoms with van der Waals surface area (Å²) in [6.45, 7) is 7.10. The molecule has 0 radical (unpaired) electrons. The second kappa shape index (κ2) is 7.25. The van der Waals surface area contributed by atoms with E-state index in [4.69, 9.17) is 9.82 Å². The van der Waals surface area contributed by atoms with Crippen molar-refractivity contribution in [2.75, 3.05) is 0 Å². The minimum absolute atomic E-state index is 0.442. The van der Waals surface area contributed by atoms with Crippen molar-refractivity contribution in [2.45, 2.75) is 65.5 Å². The van der Waals surface area contributed by atoms with E-state index in [1.165, 1.54) is 30.7 Å². The average molecular weight is 332 g/mol. The Morgan fingerprint density at radius 3 is 2.87 bits per heavy atom. The van der Waals surface area contributed by atoms with Gasteiger partial charge in [0.05, 0.1) is 28.7 Å². The first-order valence-corrected chi connectivity index (χ1v) is 9.10. The van der Waals surface area contributed by atoms with Gasteiger partial charge in [0.2, 0.25) is 0 Å². The van der Waals surface area contributed by atoms with E-state index < -0.39 is 0 Å². The van der Waals surface area contributed by atoms with Crippen molar-refractivity contribution in [1.82, 2.24) is 14.8 Å². The van der Waals surface area contributed by atoms with Crippen LogP contribution < -0.4 is 0 Å². The molecule has 3 rings (SSSR count). The Morgan fingerprint density at radius 2 is 2.17 bits per heavy atom. The van der Waals surface area contributed by atoms with Crippen LogP contribution in [0.3, 0.4) is 0 Å². The first-order valence-electron chi connectivity index (χ1n) is 8.22. The highest BCUT2D eigenvalue weighted by Gasteiger charge is 2.20. The molecule has 0 aliphatic heterocycles. The van der Waals surface area contributed by atoms with E-state index in [9.17, 15) is 0 Å². The molecule has 2 aromatic rings. The van der Waals surface area contributed by atoms with E-state index in [1.54, 1.807) is 11.3 Å². The first-order chi connectivity index (χ1) is 11.1.